The van der Waals surface area contributed by atoms with E-state index in [0.29, 0.717) is 36.6 Å². The summed E-state index contributed by atoms with van der Waals surface area (Å²) in [5, 5.41) is 0. The molecule has 0 bridgehead atoms. The Labute approximate surface area is 251 Å². The molecule has 0 N–H and O–H groups in total. The lowest BCUT2D eigenvalue weighted by atomic mass is 10.1. The Balaban J connectivity index is 1.30. The molecule has 1 aliphatic heterocycles. The number of carbonyl (C=O) groups excluding carboxylic acids is 1. The number of amides is 1. The van der Waals surface area contributed by atoms with Crippen molar-refractivity contribution in [1.82, 2.24) is 24.2 Å². The van der Waals surface area contributed by atoms with E-state index in [9.17, 15) is 4.79 Å². The number of nitrogens with zero attached hydrogens (tertiary/aromatic N) is 5. The Morgan fingerprint density at radius 1 is 0.907 bits per heavy atom. The van der Waals surface area contributed by atoms with Gasteiger partial charge in [0.25, 0.3) is 0 Å². The molecule has 5 aromatic rings. The fourth-order valence-electron chi connectivity index (χ4n) is 5.35. The van der Waals surface area contributed by atoms with Crippen LogP contribution in [0.3, 0.4) is 0 Å². The Bertz CT molecular complexity index is 1610. The third-order valence-electron chi connectivity index (χ3n) is 7.72. The zero-order chi connectivity index (χ0) is 29.4. The van der Waals surface area contributed by atoms with Crippen molar-refractivity contribution >= 4 is 11.7 Å². The van der Waals surface area contributed by atoms with Crippen molar-refractivity contribution in [1.29, 1.82) is 0 Å². The van der Waals surface area contributed by atoms with Crippen LogP contribution in [0.5, 0.6) is 5.88 Å². The number of carbonyl (C=O) groups is 1. The van der Waals surface area contributed by atoms with Gasteiger partial charge in [0.2, 0.25) is 5.88 Å². The largest absolute Gasteiger partial charge is 0.469 e. The lowest BCUT2D eigenvalue weighted by Crippen LogP contribution is -2.37. The molecule has 0 saturated carbocycles. The molecule has 1 fully saturated rings. The van der Waals surface area contributed by atoms with Gasteiger partial charge in [0.05, 0.1) is 37.3 Å². The van der Waals surface area contributed by atoms with Gasteiger partial charge < -0.3 is 18.8 Å². The van der Waals surface area contributed by atoms with E-state index in [4.69, 9.17) is 23.9 Å². The summed E-state index contributed by atoms with van der Waals surface area (Å²) in [4.78, 5) is 27.5. The molecule has 43 heavy (non-hydrogen) atoms. The van der Waals surface area contributed by atoms with Crippen LogP contribution in [0.15, 0.2) is 89.7 Å². The van der Waals surface area contributed by atoms with Crippen molar-refractivity contribution < 1.29 is 18.7 Å². The zero-order valence-electron chi connectivity index (χ0n) is 24.5. The maximum atomic E-state index is 13.4. The van der Waals surface area contributed by atoms with Gasteiger partial charge in [-0.25, -0.2) is 14.8 Å². The van der Waals surface area contributed by atoms with E-state index in [1.807, 2.05) is 71.3 Å². The van der Waals surface area contributed by atoms with E-state index in [0.717, 1.165) is 74.0 Å². The summed E-state index contributed by atoms with van der Waals surface area (Å²) < 4.78 is 19.1. The van der Waals surface area contributed by atoms with Gasteiger partial charge in [0, 0.05) is 44.9 Å². The maximum absolute atomic E-state index is 13.4. The molecule has 0 unspecified atom stereocenters. The lowest BCUT2D eigenvalue weighted by Gasteiger charge is -2.26. The van der Waals surface area contributed by atoms with Crippen molar-refractivity contribution in [2.75, 3.05) is 46.4 Å². The number of furan rings is 1. The zero-order valence-corrected chi connectivity index (χ0v) is 24.5. The second kappa shape index (κ2) is 13.7. The average molecular weight is 580 g/mol. The van der Waals surface area contributed by atoms with Crippen LogP contribution in [-0.4, -0.2) is 76.7 Å². The number of fused-ring (bicyclic) bond motifs is 1. The van der Waals surface area contributed by atoms with Gasteiger partial charge in [0.1, 0.15) is 11.5 Å². The topological polar surface area (TPSA) is 85.3 Å². The molecule has 9 heteroatoms. The van der Waals surface area contributed by atoms with Gasteiger partial charge in [-0.2, -0.15) is 0 Å². The summed E-state index contributed by atoms with van der Waals surface area (Å²) in [6, 6.07) is 23.9. The lowest BCUT2D eigenvalue weighted by molar-refractivity contribution is 0.0370. The van der Waals surface area contributed by atoms with E-state index in [2.05, 4.69) is 17.0 Å². The minimum absolute atomic E-state index is 0.380. The summed E-state index contributed by atoms with van der Waals surface area (Å²) in [6.45, 7) is 5.13. The summed E-state index contributed by atoms with van der Waals surface area (Å²) >= 11 is 0. The molecule has 9 nitrogen and oxygen atoms in total. The average Bonchev–Trinajstić information content (AvgIpc) is 3.69. The highest BCUT2D eigenvalue weighted by Gasteiger charge is 2.24. The number of imidazole rings is 1. The third-order valence-corrected chi connectivity index (χ3v) is 7.72. The van der Waals surface area contributed by atoms with E-state index in [1.54, 1.807) is 18.2 Å². The van der Waals surface area contributed by atoms with Crippen LogP contribution in [0.25, 0.3) is 16.9 Å². The number of aromatic nitrogens is 3. The van der Waals surface area contributed by atoms with Crippen LogP contribution in [0, 0.1) is 0 Å². The molecule has 1 amide bonds. The summed E-state index contributed by atoms with van der Waals surface area (Å²) in [5.74, 6) is 1.11. The molecule has 3 aromatic heterocycles. The second-order valence-corrected chi connectivity index (χ2v) is 10.9. The Morgan fingerprint density at radius 3 is 2.42 bits per heavy atom. The number of morpholine rings is 1. The number of rotatable bonds is 11. The van der Waals surface area contributed by atoms with Crippen molar-refractivity contribution in [3.63, 3.8) is 0 Å². The van der Waals surface area contributed by atoms with Gasteiger partial charge in [-0.3, -0.25) is 9.30 Å². The predicted octanol–water partition coefficient (Wildman–Crippen LogP) is 5.71. The quantitative estimate of drug-likeness (QED) is 0.185. The highest BCUT2D eigenvalue weighted by Crippen LogP contribution is 2.29. The number of hydrogen-bond acceptors (Lipinski definition) is 7. The smallest absolute Gasteiger partial charge is 0.416 e. The van der Waals surface area contributed by atoms with Gasteiger partial charge in [-0.05, 0) is 37.1 Å². The Morgan fingerprint density at radius 2 is 1.67 bits per heavy atom. The summed E-state index contributed by atoms with van der Waals surface area (Å²) in [5.41, 5.74) is 4.93. The molecule has 222 valence electrons. The predicted molar refractivity (Wildman–Crippen MR) is 164 cm³/mol. The van der Waals surface area contributed by atoms with Gasteiger partial charge >= 0.3 is 6.09 Å². The minimum Gasteiger partial charge on any atom is -0.469 e. The first-order chi connectivity index (χ1) is 21.1. The van der Waals surface area contributed by atoms with Gasteiger partial charge in [0.15, 0.2) is 5.65 Å². The van der Waals surface area contributed by atoms with Crippen molar-refractivity contribution in [2.45, 2.75) is 25.7 Å². The van der Waals surface area contributed by atoms with Crippen molar-refractivity contribution in [3.8, 4) is 17.1 Å². The van der Waals surface area contributed by atoms with E-state index in [1.165, 1.54) is 0 Å². The fraction of sp³-hybridized carbons (Fsp3) is 0.324. The molecular formula is C34H37N5O4. The van der Waals surface area contributed by atoms with Gasteiger partial charge in [-0.15, -0.1) is 0 Å². The second-order valence-electron chi connectivity index (χ2n) is 10.9. The van der Waals surface area contributed by atoms with Crippen LogP contribution in [0.1, 0.15) is 35.6 Å². The molecule has 0 aliphatic carbocycles. The molecule has 0 atom stereocenters. The summed E-state index contributed by atoms with van der Waals surface area (Å²) in [7, 11) is 1.78. The number of benzene rings is 2. The maximum Gasteiger partial charge on any atom is 0.416 e. The first-order valence-corrected chi connectivity index (χ1v) is 14.9. The van der Waals surface area contributed by atoms with Crippen LogP contribution in [-0.2, 0) is 17.6 Å². The van der Waals surface area contributed by atoms with Crippen LogP contribution in [0.2, 0.25) is 0 Å². The minimum atomic E-state index is -0.420. The molecule has 0 spiro atoms. The first kappa shape index (κ1) is 28.6. The highest BCUT2D eigenvalue weighted by atomic mass is 16.6. The van der Waals surface area contributed by atoms with Crippen LogP contribution >= 0.6 is 0 Å². The van der Waals surface area contributed by atoms with Gasteiger partial charge in [-0.1, -0.05) is 60.7 Å². The molecule has 2 aromatic carbocycles. The van der Waals surface area contributed by atoms with E-state index < -0.39 is 6.09 Å². The fourth-order valence-corrected chi connectivity index (χ4v) is 5.35. The molecular weight excluding hydrogens is 542 g/mol. The Hall–Kier alpha value is -4.47. The Kier molecular flexibility index (Phi) is 9.10. The van der Waals surface area contributed by atoms with E-state index >= 15 is 0 Å². The number of hydrogen-bond donors (Lipinski definition) is 0. The van der Waals surface area contributed by atoms with Crippen LogP contribution in [0.4, 0.5) is 4.79 Å². The molecule has 6 rings (SSSR count). The monoisotopic (exact) mass is 579 g/mol. The van der Waals surface area contributed by atoms with Crippen molar-refractivity contribution in [2.24, 2.45) is 0 Å². The van der Waals surface area contributed by atoms with Crippen molar-refractivity contribution in [3.05, 3.63) is 108 Å². The molecule has 1 saturated heterocycles. The standard InChI is InChI=1S/C34H37N5O4/c1-37(16-8-9-17-38-18-21-41-22-19-38)34(40)43-33-30(24-28-15-10-20-42-28)36-32-29(23-26-11-4-2-5-12-26)35-31(25-39(32)33)27-13-6-3-7-14-27/h2-7,10-15,20,25H,8-9,16-19,21-24H2,1H3. The number of unbranched alkanes of at least 4 members (excludes halogenated alkanes) is 1. The molecule has 0 radical (unpaired) electrons. The molecule has 4 heterocycles. The SMILES string of the molecule is CN(CCCCN1CCOCC1)C(=O)Oc1c(Cc2ccco2)nc2c(Cc3ccccc3)nc(-c3ccccc3)cn12. The number of ether oxygens (including phenoxy) is 2. The third kappa shape index (κ3) is 7.13. The highest BCUT2D eigenvalue weighted by molar-refractivity contribution is 5.71. The summed E-state index contributed by atoms with van der Waals surface area (Å²) in [6.07, 6.45) is 5.98. The van der Waals surface area contributed by atoms with E-state index in [-0.39, 0.29) is 0 Å². The van der Waals surface area contributed by atoms with Crippen LogP contribution < -0.4 is 4.74 Å². The normalized spacial score (nSPS) is 13.8. The molecule has 1 aliphatic rings. The first-order valence-electron chi connectivity index (χ1n) is 14.9.